The molecule has 0 spiro atoms. The van der Waals surface area contributed by atoms with E-state index >= 15 is 8.78 Å². The summed E-state index contributed by atoms with van der Waals surface area (Å²) < 4.78 is 32.1. The number of hydrogen-bond acceptors (Lipinski definition) is 5. The van der Waals surface area contributed by atoms with Gasteiger partial charge in [0.25, 0.3) is 11.8 Å². The van der Waals surface area contributed by atoms with E-state index in [1.807, 2.05) is 20.8 Å². The predicted molar refractivity (Wildman–Crippen MR) is 101 cm³/mol. The molecule has 2 aliphatic carbocycles. The number of aliphatic hydroxyl groups excluding tert-OH is 1. The zero-order valence-corrected chi connectivity index (χ0v) is 16.7. The Labute approximate surface area is 167 Å². The topological polar surface area (TPSA) is 92.9 Å². The van der Waals surface area contributed by atoms with Crippen LogP contribution in [-0.2, 0) is 5.92 Å². The molecular formula is C20H25F2N5O2. The molecule has 29 heavy (non-hydrogen) atoms. The molecule has 3 unspecified atom stereocenters. The van der Waals surface area contributed by atoms with E-state index in [4.69, 9.17) is 0 Å². The Morgan fingerprint density at radius 1 is 1.38 bits per heavy atom. The van der Waals surface area contributed by atoms with Crippen LogP contribution in [0.25, 0.3) is 5.82 Å². The smallest absolute Gasteiger partial charge is 0.280 e. The highest BCUT2D eigenvalue weighted by Gasteiger charge is 2.60. The van der Waals surface area contributed by atoms with E-state index in [2.05, 4.69) is 20.4 Å². The fraction of sp³-hybridized carbons (Fsp3) is 0.600. The molecule has 2 N–H and O–H groups in total. The summed E-state index contributed by atoms with van der Waals surface area (Å²) in [6, 6.07) is -0.596. The number of carbonyl (C=O) groups is 1. The molecule has 2 aromatic rings. The van der Waals surface area contributed by atoms with Gasteiger partial charge in [-0.25, -0.2) is 18.4 Å². The fourth-order valence-corrected chi connectivity index (χ4v) is 4.51. The van der Waals surface area contributed by atoms with Crippen LogP contribution < -0.4 is 5.32 Å². The lowest BCUT2D eigenvalue weighted by molar-refractivity contribution is -0.0553. The van der Waals surface area contributed by atoms with Crippen LogP contribution in [0.3, 0.4) is 0 Å². The maximum absolute atomic E-state index is 15.4. The molecule has 1 fully saturated rings. The SMILES string of the molecule is CC(C)(C)C(CO)NC(=O)c1nn(-c2cnccn2)c2c1C(F)(F)C1CCCC21. The molecule has 3 atom stereocenters. The van der Waals surface area contributed by atoms with Crippen molar-refractivity contribution < 1.29 is 18.7 Å². The fourth-order valence-electron chi connectivity index (χ4n) is 4.51. The van der Waals surface area contributed by atoms with Crippen molar-refractivity contribution in [2.24, 2.45) is 11.3 Å². The van der Waals surface area contributed by atoms with Gasteiger partial charge in [-0.1, -0.05) is 27.2 Å². The van der Waals surface area contributed by atoms with Crippen LogP contribution >= 0.6 is 0 Å². The number of nitrogens with one attached hydrogen (secondary N) is 1. The molecular weight excluding hydrogens is 380 g/mol. The molecule has 0 aliphatic heterocycles. The van der Waals surface area contributed by atoms with Gasteiger partial charge in [-0.15, -0.1) is 0 Å². The molecule has 9 heteroatoms. The van der Waals surface area contributed by atoms with Crippen molar-refractivity contribution in [3.63, 3.8) is 0 Å². The molecule has 7 nitrogen and oxygen atoms in total. The standard InChI is InChI=1S/C20H25F2N5O2/c1-19(2,3)13(10-28)25-18(29)16-15-17(11-5-4-6-12(11)20(15,21)22)27(26-16)14-9-23-7-8-24-14/h7-9,11-13,28H,4-6,10H2,1-3H3,(H,25,29). The molecule has 0 radical (unpaired) electrons. The Kier molecular flexibility index (Phi) is 4.68. The highest BCUT2D eigenvalue weighted by molar-refractivity contribution is 5.95. The number of nitrogens with zero attached hydrogens (tertiary/aromatic N) is 4. The molecule has 2 aromatic heterocycles. The van der Waals surface area contributed by atoms with Crippen LogP contribution in [0.4, 0.5) is 8.78 Å². The van der Waals surface area contributed by atoms with Crippen LogP contribution in [-0.4, -0.2) is 43.4 Å². The Morgan fingerprint density at radius 2 is 2.14 bits per heavy atom. The van der Waals surface area contributed by atoms with Crippen LogP contribution in [0.1, 0.15) is 67.7 Å². The molecule has 2 heterocycles. The highest BCUT2D eigenvalue weighted by Crippen LogP contribution is 2.60. The lowest BCUT2D eigenvalue weighted by Gasteiger charge is -2.29. The minimum atomic E-state index is -3.14. The van der Waals surface area contributed by atoms with Gasteiger partial charge in [0, 0.05) is 24.2 Å². The molecule has 0 bridgehead atoms. The zero-order valence-electron chi connectivity index (χ0n) is 16.7. The van der Waals surface area contributed by atoms with Crippen molar-refractivity contribution in [3.8, 4) is 5.82 Å². The molecule has 1 amide bonds. The third-order valence-corrected chi connectivity index (χ3v) is 6.10. The zero-order chi connectivity index (χ0) is 21.0. The van der Waals surface area contributed by atoms with Gasteiger partial charge < -0.3 is 10.4 Å². The van der Waals surface area contributed by atoms with Crippen LogP contribution in [0.15, 0.2) is 18.6 Å². The Hall–Kier alpha value is -2.42. The molecule has 156 valence electrons. The van der Waals surface area contributed by atoms with Crippen LogP contribution in [0.5, 0.6) is 0 Å². The lowest BCUT2D eigenvalue weighted by atomic mass is 9.87. The number of halogens is 2. The summed E-state index contributed by atoms with van der Waals surface area (Å²) in [6.07, 6.45) is 6.15. The molecule has 0 aromatic carbocycles. The maximum atomic E-state index is 15.4. The first kappa shape index (κ1) is 19.9. The Balaban J connectivity index is 1.83. The van der Waals surface area contributed by atoms with Crippen molar-refractivity contribution >= 4 is 5.91 Å². The predicted octanol–water partition coefficient (Wildman–Crippen LogP) is 2.79. The molecule has 0 saturated heterocycles. The average molecular weight is 405 g/mol. The molecule has 2 aliphatic rings. The van der Waals surface area contributed by atoms with E-state index in [9.17, 15) is 9.90 Å². The van der Waals surface area contributed by atoms with Gasteiger partial charge in [-0.05, 0) is 18.3 Å². The normalized spacial score (nSPS) is 23.5. The minimum absolute atomic E-state index is 0.298. The first-order valence-corrected chi connectivity index (χ1v) is 9.85. The number of aliphatic hydroxyl groups is 1. The van der Waals surface area contributed by atoms with Gasteiger partial charge in [-0.3, -0.25) is 9.78 Å². The molecule has 4 rings (SSSR count). The third kappa shape index (κ3) is 3.11. The van der Waals surface area contributed by atoms with Crippen LogP contribution in [0, 0.1) is 11.3 Å². The van der Waals surface area contributed by atoms with E-state index in [0.717, 1.165) is 0 Å². The van der Waals surface area contributed by atoms with Crippen molar-refractivity contribution in [1.82, 2.24) is 25.1 Å². The third-order valence-electron chi connectivity index (χ3n) is 6.10. The number of carbonyl (C=O) groups excluding carboxylic acids is 1. The summed E-state index contributed by atoms with van der Waals surface area (Å²) >= 11 is 0. The highest BCUT2D eigenvalue weighted by atomic mass is 19.3. The lowest BCUT2D eigenvalue weighted by Crippen LogP contribution is -2.46. The van der Waals surface area contributed by atoms with Crippen molar-refractivity contribution in [2.45, 2.75) is 57.9 Å². The monoisotopic (exact) mass is 405 g/mol. The van der Waals surface area contributed by atoms with E-state index in [-0.39, 0.29) is 23.8 Å². The quantitative estimate of drug-likeness (QED) is 0.816. The van der Waals surface area contributed by atoms with Gasteiger partial charge in [0.2, 0.25) is 0 Å². The van der Waals surface area contributed by atoms with E-state index in [1.54, 1.807) is 0 Å². The second kappa shape index (κ2) is 6.83. The second-order valence-corrected chi connectivity index (χ2v) is 8.93. The van der Waals surface area contributed by atoms with Gasteiger partial charge in [-0.2, -0.15) is 5.10 Å². The van der Waals surface area contributed by atoms with Crippen molar-refractivity contribution in [3.05, 3.63) is 35.5 Å². The largest absolute Gasteiger partial charge is 0.394 e. The van der Waals surface area contributed by atoms with Gasteiger partial charge in [0.1, 0.15) is 0 Å². The molecule has 1 saturated carbocycles. The van der Waals surface area contributed by atoms with E-state index < -0.39 is 29.2 Å². The van der Waals surface area contributed by atoms with Gasteiger partial charge in [0.05, 0.1) is 30.1 Å². The number of amides is 1. The number of rotatable bonds is 4. The summed E-state index contributed by atoms with van der Waals surface area (Å²) in [4.78, 5) is 21.2. The van der Waals surface area contributed by atoms with Crippen molar-refractivity contribution in [2.75, 3.05) is 6.61 Å². The van der Waals surface area contributed by atoms with Gasteiger partial charge >= 0.3 is 0 Å². The maximum Gasteiger partial charge on any atom is 0.280 e. The summed E-state index contributed by atoms with van der Waals surface area (Å²) in [5.41, 5.74) is -0.687. The summed E-state index contributed by atoms with van der Waals surface area (Å²) in [7, 11) is 0. The van der Waals surface area contributed by atoms with E-state index in [1.165, 1.54) is 23.3 Å². The number of alkyl halides is 2. The minimum Gasteiger partial charge on any atom is -0.394 e. The van der Waals surface area contributed by atoms with Crippen LogP contribution in [0.2, 0.25) is 0 Å². The van der Waals surface area contributed by atoms with Crippen molar-refractivity contribution in [1.29, 1.82) is 0 Å². The Bertz CT molecular complexity index is 923. The number of fused-ring (bicyclic) bond motifs is 3. The second-order valence-electron chi connectivity index (χ2n) is 8.93. The van der Waals surface area contributed by atoms with E-state index in [0.29, 0.717) is 30.8 Å². The first-order chi connectivity index (χ1) is 13.7. The summed E-state index contributed by atoms with van der Waals surface area (Å²) in [5.74, 6) is -4.74. The summed E-state index contributed by atoms with van der Waals surface area (Å²) in [5, 5.41) is 16.6. The summed E-state index contributed by atoms with van der Waals surface area (Å²) in [6.45, 7) is 5.27. The first-order valence-electron chi connectivity index (χ1n) is 9.85. The van der Waals surface area contributed by atoms with Gasteiger partial charge in [0.15, 0.2) is 11.5 Å². The number of aromatic nitrogens is 4. The number of hydrogen-bond donors (Lipinski definition) is 2. The Morgan fingerprint density at radius 3 is 2.76 bits per heavy atom. The average Bonchev–Trinajstić information content (AvgIpc) is 3.34.